The van der Waals surface area contributed by atoms with Crippen LogP contribution < -0.4 is 25.8 Å². The molecule has 0 saturated carbocycles. The summed E-state index contributed by atoms with van der Waals surface area (Å²) >= 11 is 0. The van der Waals surface area contributed by atoms with Crippen LogP contribution in [-0.2, 0) is 6.42 Å². The summed E-state index contributed by atoms with van der Waals surface area (Å²) in [4.78, 5) is 4.25. The molecule has 0 amide bonds. The lowest BCUT2D eigenvalue weighted by molar-refractivity contribution is 0.355. The number of hydrogen-bond acceptors (Lipinski definition) is 6. The first-order chi connectivity index (χ1) is 15.6. The van der Waals surface area contributed by atoms with E-state index in [1.54, 1.807) is 25.9 Å². The van der Waals surface area contributed by atoms with Crippen molar-refractivity contribution in [2.75, 3.05) is 38.9 Å². The van der Waals surface area contributed by atoms with Crippen LogP contribution in [0.5, 0.6) is 11.5 Å². The molecule has 0 unspecified atom stereocenters. The lowest BCUT2D eigenvalue weighted by Gasteiger charge is -2.14. The number of hydrogen-bond donors (Lipinski definition) is 3. The van der Waals surface area contributed by atoms with Crippen LogP contribution in [0.15, 0.2) is 53.5 Å². The number of nitrogens with one attached hydrogen (secondary N) is 2. The number of rotatable bonds is 8. The number of aliphatic imine (C=N–C) groups is 1. The van der Waals surface area contributed by atoms with Crippen molar-refractivity contribution in [1.82, 2.24) is 15.1 Å². The van der Waals surface area contributed by atoms with Gasteiger partial charge < -0.3 is 25.8 Å². The summed E-state index contributed by atoms with van der Waals surface area (Å²) in [6.45, 7) is 0.635. The van der Waals surface area contributed by atoms with E-state index in [4.69, 9.17) is 15.2 Å². The molecule has 0 fully saturated rings. The molecule has 0 atom stereocenters. The van der Waals surface area contributed by atoms with Crippen LogP contribution in [0.25, 0.3) is 5.69 Å². The molecule has 33 heavy (non-hydrogen) atoms. The van der Waals surface area contributed by atoms with Crippen LogP contribution in [0.3, 0.4) is 0 Å². The van der Waals surface area contributed by atoms with Crippen LogP contribution in [0, 0.1) is 11.3 Å². The number of benzene rings is 2. The van der Waals surface area contributed by atoms with Gasteiger partial charge in [-0.05, 0) is 37.1 Å². The Labute approximate surface area is 210 Å². The number of para-hydroxylation sites is 1. The molecular formula is C23H28IN7O2. The fourth-order valence-corrected chi connectivity index (χ4v) is 3.23. The minimum Gasteiger partial charge on any atom is -0.493 e. The molecule has 4 N–H and O–H groups in total. The standard InChI is InChI=1S/C23H27N7O2.HI/c1-26-23(28-16-11-12-20(31-2)21(14-16)32-3)27-13-7-10-19-18(15-24)22(25)30(29-19)17-8-5-4-6-9-17;/h4-6,8-9,11-12,14H,7,10,13,25H2,1-3H3,(H2,26,27,28);1H. The van der Waals surface area contributed by atoms with Gasteiger partial charge in [-0.25, -0.2) is 4.68 Å². The molecule has 174 valence electrons. The topological polar surface area (TPSA) is 123 Å². The quantitative estimate of drug-likeness (QED) is 0.166. The predicted molar refractivity (Wildman–Crippen MR) is 141 cm³/mol. The molecule has 1 heterocycles. The van der Waals surface area contributed by atoms with Crippen molar-refractivity contribution in [2.45, 2.75) is 12.8 Å². The number of aromatic nitrogens is 2. The first kappa shape index (κ1) is 25.8. The molecule has 0 spiro atoms. The zero-order valence-electron chi connectivity index (χ0n) is 18.8. The molecule has 2 aromatic carbocycles. The number of nitrogens with two attached hydrogens (primary N) is 1. The summed E-state index contributed by atoms with van der Waals surface area (Å²) < 4.78 is 12.2. The molecular weight excluding hydrogens is 533 g/mol. The number of nitrogens with zero attached hydrogens (tertiary/aromatic N) is 4. The van der Waals surface area contributed by atoms with Crippen molar-refractivity contribution in [1.29, 1.82) is 5.26 Å². The fraction of sp³-hybridized carbons (Fsp3) is 0.261. The average Bonchev–Trinajstić information content (AvgIpc) is 3.16. The van der Waals surface area contributed by atoms with Gasteiger partial charge in [-0.15, -0.1) is 24.0 Å². The Morgan fingerprint density at radius 2 is 1.88 bits per heavy atom. The molecule has 3 rings (SSSR count). The van der Waals surface area contributed by atoms with E-state index in [9.17, 15) is 5.26 Å². The summed E-state index contributed by atoms with van der Waals surface area (Å²) in [6.07, 6.45) is 1.35. The highest BCUT2D eigenvalue weighted by molar-refractivity contribution is 14.0. The van der Waals surface area contributed by atoms with Gasteiger partial charge in [0.1, 0.15) is 17.5 Å². The second-order valence-electron chi connectivity index (χ2n) is 6.86. The molecule has 3 aromatic rings. The van der Waals surface area contributed by atoms with Crippen molar-refractivity contribution in [3.63, 3.8) is 0 Å². The summed E-state index contributed by atoms with van der Waals surface area (Å²) in [5, 5.41) is 20.6. The second-order valence-corrected chi connectivity index (χ2v) is 6.86. The number of methoxy groups -OCH3 is 2. The summed E-state index contributed by atoms with van der Waals surface area (Å²) in [6, 6.07) is 17.3. The lowest BCUT2D eigenvalue weighted by atomic mass is 10.1. The van der Waals surface area contributed by atoms with E-state index < -0.39 is 0 Å². The Morgan fingerprint density at radius 1 is 1.15 bits per heavy atom. The number of nitriles is 1. The summed E-state index contributed by atoms with van der Waals surface area (Å²) in [5.74, 6) is 2.26. The van der Waals surface area contributed by atoms with Gasteiger partial charge >= 0.3 is 0 Å². The van der Waals surface area contributed by atoms with Crippen LogP contribution in [0.1, 0.15) is 17.7 Å². The van der Waals surface area contributed by atoms with Gasteiger partial charge in [0, 0.05) is 25.3 Å². The normalized spacial score (nSPS) is 10.7. The molecule has 1 aromatic heterocycles. The van der Waals surface area contributed by atoms with E-state index in [2.05, 4.69) is 26.8 Å². The first-order valence-corrected chi connectivity index (χ1v) is 10.1. The van der Waals surface area contributed by atoms with Gasteiger partial charge in [-0.2, -0.15) is 10.4 Å². The van der Waals surface area contributed by atoms with E-state index in [0.29, 0.717) is 47.5 Å². The maximum Gasteiger partial charge on any atom is 0.195 e. The zero-order chi connectivity index (χ0) is 22.9. The van der Waals surface area contributed by atoms with Crippen molar-refractivity contribution in [2.24, 2.45) is 4.99 Å². The maximum atomic E-state index is 9.54. The van der Waals surface area contributed by atoms with E-state index >= 15 is 0 Å². The highest BCUT2D eigenvalue weighted by Gasteiger charge is 2.16. The minimum atomic E-state index is 0. The van der Waals surface area contributed by atoms with Gasteiger partial charge in [0.25, 0.3) is 0 Å². The second kappa shape index (κ2) is 12.5. The lowest BCUT2D eigenvalue weighted by Crippen LogP contribution is -2.31. The van der Waals surface area contributed by atoms with Crippen molar-refractivity contribution >= 4 is 41.4 Å². The predicted octanol–water partition coefficient (Wildman–Crippen LogP) is 3.58. The number of ether oxygens (including phenoxy) is 2. The van der Waals surface area contributed by atoms with Crippen molar-refractivity contribution in [3.8, 4) is 23.3 Å². The SMILES string of the molecule is CN=C(NCCCc1nn(-c2ccccc2)c(N)c1C#N)Nc1ccc(OC)c(OC)c1.I. The number of nitrogen functional groups attached to an aromatic ring is 1. The highest BCUT2D eigenvalue weighted by Crippen LogP contribution is 2.29. The van der Waals surface area contributed by atoms with E-state index in [1.165, 1.54) is 0 Å². The van der Waals surface area contributed by atoms with Crippen LogP contribution in [-0.4, -0.2) is 43.6 Å². The number of anilines is 2. The number of halogens is 1. The van der Waals surface area contributed by atoms with Crippen molar-refractivity contribution in [3.05, 3.63) is 59.8 Å². The molecule has 0 aliphatic carbocycles. The Kier molecular flexibility index (Phi) is 9.81. The Hall–Kier alpha value is -3.46. The van der Waals surface area contributed by atoms with Gasteiger partial charge in [-0.1, -0.05) is 18.2 Å². The third kappa shape index (κ3) is 6.29. The largest absolute Gasteiger partial charge is 0.493 e. The van der Waals surface area contributed by atoms with Crippen LogP contribution in [0.4, 0.5) is 11.5 Å². The van der Waals surface area contributed by atoms with E-state index in [1.807, 2.05) is 48.5 Å². The molecule has 9 nitrogen and oxygen atoms in total. The molecule has 0 bridgehead atoms. The van der Waals surface area contributed by atoms with Crippen molar-refractivity contribution < 1.29 is 9.47 Å². The average molecular weight is 561 g/mol. The molecule has 0 aliphatic rings. The highest BCUT2D eigenvalue weighted by atomic mass is 127. The number of guanidine groups is 1. The van der Waals surface area contributed by atoms with Gasteiger partial charge in [-0.3, -0.25) is 4.99 Å². The van der Waals surface area contributed by atoms with Crippen LogP contribution in [0.2, 0.25) is 0 Å². The van der Waals surface area contributed by atoms with Crippen LogP contribution >= 0.6 is 24.0 Å². The smallest absolute Gasteiger partial charge is 0.195 e. The Bertz CT molecular complexity index is 1120. The third-order valence-electron chi connectivity index (χ3n) is 4.86. The minimum absolute atomic E-state index is 0. The van der Waals surface area contributed by atoms with Gasteiger partial charge in [0.2, 0.25) is 0 Å². The molecule has 0 aliphatic heterocycles. The summed E-state index contributed by atoms with van der Waals surface area (Å²) in [7, 11) is 4.89. The summed E-state index contributed by atoms with van der Waals surface area (Å²) in [5.41, 5.74) is 8.90. The fourth-order valence-electron chi connectivity index (χ4n) is 3.23. The third-order valence-corrected chi connectivity index (χ3v) is 4.86. The first-order valence-electron chi connectivity index (χ1n) is 10.1. The Morgan fingerprint density at radius 3 is 2.52 bits per heavy atom. The number of aryl methyl sites for hydroxylation is 1. The van der Waals surface area contributed by atoms with E-state index in [-0.39, 0.29) is 24.0 Å². The molecule has 0 radical (unpaired) electrons. The maximum absolute atomic E-state index is 9.54. The Balaban J connectivity index is 0.00000385. The van der Waals surface area contributed by atoms with E-state index in [0.717, 1.165) is 17.8 Å². The van der Waals surface area contributed by atoms with Gasteiger partial charge in [0.05, 0.1) is 25.6 Å². The molecule has 10 heteroatoms. The molecule has 0 saturated heterocycles. The monoisotopic (exact) mass is 561 g/mol. The zero-order valence-corrected chi connectivity index (χ0v) is 21.2. The van der Waals surface area contributed by atoms with Gasteiger partial charge in [0.15, 0.2) is 17.5 Å².